The van der Waals surface area contributed by atoms with Gasteiger partial charge in [-0.25, -0.2) is 4.98 Å². The van der Waals surface area contributed by atoms with Gasteiger partial charge in [0, 0.05) is 16.9 Å². The van der Waals surface area contributed by atoms with Crippen molar-refractivity contribution in [3.63, 3.8) is 0 Å². The fourth-order valence-electron chi connectivity index (χ4n) is 3.00. The molecular weight excluding hydrogens is 446 g/mol. The van der Waals surface area contributed by atoms with E-state index < -0.39 is 0 Å². The zero-order valence-electron chi connectivity index (χ0n) is 16.1. The second-order valence-corrected chi connectivity index (χ2v) is 7.55. The summed E-state index contributed by atoms with van der Waals surface area (Å²) in [6.07, 6.45) is 5.34. The van der Waals surface area contributed by atoms with Crippen molar-refractivity contribution < 1.29 is 14.3 Å². The number of carbonyl (C=O) groups excluding carboxylic acids is 1. The standard InChI is InChI=1S/C23H20BrN3O3/c24-19-7-5-18-14-20(8-6-17(18)13-19)30-15-23(28)26-21-3-1-2-4-22(21)29-12-11-27-10-9-25-16-27/h1-10,13-14,16H,11-12,15H2,(H,26,28). The number of benzene rings is 3. The number of nitrogens with zero attached hydrogens (tertiary/aromatic N) is 2. The third-order valence-corrected chi connectivity index (χ3v) is 4.96. The molecule has 1 amide bonds. The smallest absolute Gasteiger partial charge is 0.262 e. The van der Waals surface area contributed by atoms with Gasteiger partial charge < -0.3 is 19.4 Å². The molecular formula is C23H20BrN3O3. The number of carbonyl (C=O) groups is 1. The van der Waals surface area contributed by atoms with Gasteiger partial charge in [0.05, 0.1) is 18.6 Å². The van der Waals surface area contributed by atoms with Crippen LogP contribution < -0.4 is 14.8 Å². The Balaban J connectivity index is 1.33. The first kappa shape index (κ1) is 20.0. The molecule has 1 heterocycles. The molecule has 3 aromatic carbocycles. The van der Waals surface area contributed by atoms with Crippen LogP contribution in [0.4, 0.5) is 5.69 Å². The van der Waals surface area contributed by atoms with Gasteiger partial charge in [0.25, 0.3) is 5.91 Å². The minimum atomic E-state index is -0.253. The first-order chi connectivity index (χ1) is 14.7. The second-order valence-electron chi connectivity index (χ2n) is 6.64. The molecule has 0 aliphatic heterocycles. The summed E-state index contributed by atoms with van der Waals surface area (Å²) in [4.78, 5) is 16.4. The van der Waals surface area contributed by atoms with E-state index in [1.807, 2.05) is 65.4 Å². The van der Waals surface area contributed by atoms with E-state index in [4.69, 9.17) is 9.47 Å². The summed E-state index contributed by atoms with van der Waals surface area (Å²) >= 11 is 3.47. The van der Waals surface area contributed by atoms with Crippen LogP contribution in [0.15, 0.2) is 83.9 Å². The molecule has 1 N–H and O–H groups in total. The van der Waals surface area contributed by atoms with E-state index in [0.29, 0.717) is 30.3 Å². The number of para-hydroxylation sites is 2. The summed E-state index contributed by atoms with van der Waals surface area (Å²) in [6, 6.07) is 19.1. The summed E-state index contributed by atoms with van der Waals surface area (Å²) in [5, 5.41) is 5.00. The van der Waals surface area contributed by atoms with Gasteiger partial charge in [-0.3, -0.25) is 4.79 Å². The molecule has 0 unspecified atom stereocenters. The number of imidazole rings is 1. The topological polar surface area (TPSA) is 65.4 Å². The Labute approximate surface area is 182 Å². The average Bonchev–Trinajstić information content (AvgIpc) is 3.27. The van der Waals surface area contributed by atoms with E-state index in [2.05, 4.69) is 26.2 Å². The van der Waals surface area contributed by atoms with E-state index in [9.17, 15) is 4.79 Å². The number of aromatic nitrogens is 2. The van der Waals surface area contributed by atoms with Crippen molar-refractivity contribution in [1.82, 2.24) is 9.55 Å². The Morgan fingerprint density at radius 3 is 2.73 bits per heavy atom. The van der Waals surface area contributed by atoms with Gasteiger partial charge in [-0.2, -0.15) is 0 Å². The zero-order valence-corrected chi connectivity index (χ0v) is 17.7. The number of ether oxygens (including phenoxy) is 2. The van der Waals surface area contributed by atoms with Gasteiger partial charge in [0.15, 0.2) is 6.61 Å². The van der Waals surface area contributed by atoms with Crippen LogP contribution >= 0.6 is 15.9 Å². The van der Waals surface area contributed by atoms with Crippen molar-refractivity contribution in [3.05, 3.63) is 83.9 Å². The van der Waals surface area contributed by atoms with Gasteiger partial charge in [0.2, 0.25) is 0 Å². The Hall–Kier alpha value is -3.32. The minimum absolute atomic E-state index is 0.0919. The van der Waals surface area contributed by atoms with Crippen molar-refractivity contribution in [2.24, 2.45) is 0 Å². The number of amides is 1. The molecule has 4 aromatic rings. The first-order valence-electron chi connectivity index (χ1n) is 9.47. The van der Waals surface area contributed by atoms with E-state index in [1.165, 1.54) is 0 Å². The van der Waals surface area contributed by atoms with Crippen molar-refractivity contribution in [2.45, 2.75) is 6.54 Å². The summed E-state index contributed by atoms with van der Waals surface area (Å²) in [5.74, 6) is 1.00. The van der Waals surface area contributed by atoms with E-state index in [1.54, 1.807) is 18.6 Å². The third-order valence-electron chi connectivity index (χ3n) is 4.47. The van der Waals surface area contributed by atoms with Crippen LogP contribution in [-0.4, -0.2) is 28.7 Å². The lowest BCUT2D eigenvalue weighted by Crippen LogP contribution is -2.20. The number of hydrogen-bond donors (Lipinski definition) is 1. The fraction of sp³-hybridized carbons (Fsp3) is 0.130. The molecule has 4 rings (SSSR count). The van der Waals surface area contributed by atoms with Gasteiger partial charge in [-0.15, -0.1) is 0 Å². The lowest BCUT2D eigenvalue weighted by atomic mass is 10.1. The molecule has 0 radical (unpaired) electrons. The molecule has 0 atom stereocenters. The van der Waals surface area contributed by atoms with Crippen LogP contribution in [0.1, 0.15) is 0 Å². The molecule has 0 aliphatic rings. The highest BCUT2D eigenvalue weighted by molar-refractivity contribution is 9.10. The molecule has 30 heavy (non-hydrogen) atoms. The number of nitrogens with one attached hydrogen (secondary N) is 1. The number of fused-ring (bicyclic) bond motifs is 1. The lowest BCUT2D eigenvalue weighted by Gasteiger charge is -2.13. The van der Waals surface area contributed by atoms with Crippen LogP contribution in [-0.2, 0) is 11.3 Å². The van der Waals surface area contributed by atoms with Crippen LogP contribution in [0.5, 0.6) is 11.5 Å². The van der Waals surface area contributed by atoms with E-state index in [0.717, 1.165) is 15.2 Å². The van der Waals surface area contributed by atoms with Crippen molar-refractivity contribution >= 4 is 38.3 Å². The van der Waals surface area contributed by atoms with Crippen LogP contribution in [0.25, 0.3) is 10.8 Å². The Kier molecular flexibility index (Phi) is 6.29. The van der Waals surface area contributed by atoms with E-state index in [-0.39, 0.29) is 12.5 Å². The monoisotopic (exact) mass is 465 g/mol. The number of hydrogen-bond acceptors (Lipinski definition) is 4. The zero-order chi connectivity index (χ0) is 20.8. The van der Waals surface area contributed by atoms with Gasteiger partial charge >= 0.3 is 0 Å². The van der Waals surface area contributed by atoms with E-state index >= 15 is 0 Å². The first-order valence-corrected chi connectivity index (χ1v) is 10.3. The Bertz CT molecular complexity index is 1150. The molecule has 1 aromatic heterocycles. The van der Waals surface area contributed by atoms with Crippen molar-refractivity contribution in [3.8, 4) is 11.5 Å². The highest BCUT2D eigenvalue weighted by Gasteiger charge is 2.09. The Morgan fingerprint density at radius 2 is 1.87 bits per heavy atom. The average molecular weight is 466 g/mol. The summed E-state index contributed by atoms with van der Waals surface area (Å²) in [7, 11) is 0. The maximum atomic E-state index is 12.4. The molecule has 7 heteroatoms. The lowest BCUT2D eigenvalue weighted by molar-refractivity contribution is -0.118. The SMILES string of the molecule is O=C(COc1ccc2cc(Br)ccc2c1)Nc1ccccc1OCCn1ccnc1. The summed E-state index contributed by atoms with van der Waals surface area (Å²) in [6.45, 7) is 1.04. The predicted molar refractivity (Wildman–Crippen MR) is 120 cm³/mol. The normalized spacial score (nSPS) is 10.7. The second kappa shape index (κ2) is 9.45. The number of anilines is 1. The van der Waals surface area contributed by atoms with Gasteiger partial charge in [-0.05, 0) is 47.2 Å². The quantitative estimate of drug-likeness (QED) is 0.402. The highest BCUT2D eigenvalue weighted by atomic mass is 79.9. The largest absolute Gasteiger partial charge is 0.490 e. The highest BCUT2D eigenvalue weighted by Crippen LogP contribution is 2.25. The molecule has 6 nitrogen and oxygen atoms in total. The molecule has 0 fully saturated rings. The van der Waals surface area contributed by atoms with Crippen molar-refractivity contribution in [2.75, 3.05) is 18.5 Å². The summed E-state index contributed by atoms with van der Waals surface area (Å²) < 4.78 is 14.4. The minimum Gasteiger partial charge on any atom is -0.490 e. The third kappa shape index (κ3) is 5.18. The Morgan fingerprint density at radius 1 is 1.03 bits per heavy atom. The van der Waals surface area contributed by atoms with Crippen LogP contribution in [0.2, 0.25) is 0 Å². The number of rotatable bonds is 8. The molecule has 0 saturated carbocycles. The molecule has 0 saturated heterocycles. The maximum Gasteiger partial charge on any atom is 0.262 e. The van der Waals surface area contributed by atoms with Gasteiger partial charge in [0.1, 0.15) is 18.1 Å². The van der Waals surface area contributed by atoms with Crippen LogP contribution in [0.3, 0.4) is 0 Å². The summed E-state index contributed by atoms with van der Waals surface area (Å²) in [5.41, 5.74) is 0.611. The van der Waals surface area contributed by atoms with Gasteiger partial charge in [-0.1, -0.05) is 40.2 Å². The maximum absolute atomic E-state index is 12.4. The number of halogens is 1. The molecule has 0 aliphatic carbocycles. The predicted octanol–water partition coefficient (Wildman–Crippen LogP) is 4.90. The molecule has 0 spiro atoms. The van der Waals surface area contributed by atoms with Crippen molar-refractivity contribution in [1.29, 1.82) is 0 Å². The fourth-order valence-corrected chi connectivity index (χ4v) is 3.37. The van der Waals surface area contributed by atoms with Crippen LogP contribution in [0, 0.1) is 0 Å². The molecule has 152 valence electrons. The molecule has 0 bridgehead atoms.